The average molecular weight is 312 g/mol. The zero-order chi connectivity index (χ0) is 15.4. The van der Waals surface area contributed by atoms with E-state index >= 15 is 0 Å². The monoisotopic (exact) mass is 312 g/mol. The Morgan fingerprint density at radius 1 is 1.27 bits per heavy atom. The van der Waals surface area contributed by atoms with Gasteiger partial charge in [0, 0.05) is 19.2 Å². The normalized spacial score (nSPS) is 10.5. The van der Waals surface area contributed by atoms with Crippen molar-refractivity contribution >= 4 is 17.3 Å². The summed E-state index contributed by atoms with van der Waals surface area (Å²) in [6.45, 7) is 0.757. The summed E-state index contributed by atoms with van der Waals surface area (Å²) in [5, 5.41) is 12.4. The number of aromatic nitrogens is 3. The van der Waals surface area contributed by atoms with Gasteiger partial charge in [-0.05, 0) is 34.5 Å². The molecular weight excluding hydrogens is 296 g/mol. The van der Waals surface area contributed by atoms with E-state index in [4.69, 9.17) is 4.74 Å². The van der Waals surface area contributed by atoms with Crippen LogP contribution in [0.25, 0.3) is 11.3 Å². The van der Waals surface area contributed by atoms with Gasteiger partial charge in [0.1, 0.15) is 5.75 Å². The standard InChI is InChI=1S/C16H16N4OS/c1-20(10-12-6-7-22-11-12)16-18-15(9-17-19-16)13-4-3-5-14(8-13)21-2/h3-9,11H,10H2,1-2H3. The van der Waals surface area contributed by atoms with Gasteiger partial charge in [-0.25, -0.2) is 4.98 Å². The van der Waals surface area contributed by atoms with Gasteiger partial charge in [0.15, 0.2) is 0 Å². The van der Waals surface area contributed by atoms with Crippen molar-refractivity contribution in [2.24, 2.45) is 0 Å². The van der Waals surface area contributed by atoms with Crippen LogP contribution >= 0.6 is 11.3 Å². The zero-order valence-corrected chi connectivity index (χ0v) is 13.2. The van der Waals surface area contributed by atoms with Gasteiger partial charge < -0.3 is 9.64 Å². The molecule has 3 aromatic rings. The molecule has 0 bridgehead atoms. The maximum Gasteiger partial charge on any atom is 0.245 e. The third-order valence-corrected chi connectivity index (χ3v) is 3.99. The van der Waals surface area contributed by atoms with Crippen LogP contribution in [0.5, 0.6) is 5.75 Å². The fraction of sp³-hybridized carbons (Fsp3) is 0.188. The maximum atomic E-state index is 5.25. The summed E-state index contributed by atoms with van der Waals surface area (Å²) in [5.74, 6) is 1.40. The molecule has 0 amide bonds. The predicted molar refractivity (Wildman–Crippen MR) is 88.2 cm³/mol. The average Bonchev–Trinajstić information content (AvgIpc) is 3.08. The molecule has 0 aliphatic carbocycles. The van der Waals surface area contributed by atoms with E-state index in [1.165, 1.54) is 5.56 Å². The van der Waals surface area contributed by atoms with Crippen molar-refractivity contribution in [1.29, 1.82) is 0 Å². The molecule has 0 spiro atoms. The van der Waals surface area contributed by atoms with Crippen molar-refractivity contribution in [2.45, 2.75) is 6.54 Å². The molecule has 0 saturated heterocycles. The summed E-state index contributed by atoms with van der Waals surface area (Å²) in [7, 11) is 3.61. The smallest absolute Gasteiger partial charge is 0.245 e. The van der Waals surface area contributed by atoms with E-state index in [-0.39, 0.29) is 0 Å². The maximum absolute atomic E-state index is 5.25. The Hall–Kier alpha value is -2.47. The van der Waals surface area contributed by atoms with Crippen molar-refractivity contribution in [2.75, 3.05) is 19.1 Å². The molecule has 0 atom stereocenters. The fourth-order valence-electron chi connectivity index (χ4n) is 2.10. The highest BCUT2D eigenvalue weighted by Crippen LogP contribution is 2.22. The molecule has 0 aliphatic heterocycles. The highest BCUT2D eigenvalue weighted by molar-refractivity contribution is 7.07. The molecule has 0 saturated carbocycles. The molecule has 5 nitrogen and oxygen atoms in total. The molecule has 2 heterocycles. The van der Waals surface area contributed by atoms with Crippen LogP contribution < -0.4 is 9.64 Å². The van der Waals surface area contributed by atoms with E-state index in [2.05, 4.69) is 32.0 Å². The zero-order valence-electron chi connectivity index (χ0n) is 12.4. The van der Waals surface area contributed by atoms with Gasteiger partial charge in [-0.3, -0.25) is 0 Å². The molecule has 0 radical (unpaired) electrons. The number of thiophene rings is 1. The second-order valence-electron chi connectivity index (χ2n) is 4.86. The minimum atomic E-state index is 0.603. The van der Waals surface area contributed by atoms with Crippen molar-refractivity contribution in [3.63, 3.8) is 0 Å². The van der Waals surface area contributed by atoms with E-state index in [9.17, 15) is 0 Å². The number of rotatable bonds is 5. The Labute approximate surface area is 133 Å². The highest BCUT2D eigenvalue weighted by atomic mass is 32.1. The number of anilines is 1. The Bertz CT molecular complexity index is 745. The van der Waals surface area contributed by atoms with Gasteiger partial charge in [-0.15, -0.1) is 5.10 Å². The lowest BCUT2D eigenvalue weighted by Crippen LogP contribution is -2.19. The van der Waals surface area contributed by atoms with E-state index in [1.807, 2.05) is 36.2 Å². The first-order valence-corrected chi connectivity index (χ1v) is 7.77. The van der Waals surface area contributed by atoms with E-state index in [0.29, 0.717) is 5.95 Å². The second-order valence-corrected chi connectivity index (χ2v) is 5.64. The first kappa shape index (κ1) is 14.5. The van der Waals surface area contributed by atoms with Crippen molar-refractivity contribution in [3.05, 3.63) is 52.9 Å². The number of nitrogens with zero attached hydrogens (tertiary/aromatic N) is 4. The summed E-state index contributed by atoms with van der Waals surface area (Å²) in [6.07, 6.45) is 1.66. The minimum Gasteiger partial charge on any atom is -0.497 e. The largest absolute Gasteiger partial charge is 0.497 e. The number of ether oxygens (including phenoxy) is 1. The summed E-state index contributed by atoms with van der Waals surface area (Å²) in [6, 6.07) is 9.86. The molecule has 0 fully saturated rings. The Morgan fingerprint density at radius 3 is 2.95 bits per heavy atom. The summed E-state index contributed by atoms with van der Waals surface area (Å²) >= 11 is 1.68. The van der Waals surface area contributed by atoms with Crippen LogP contribution in [-0.2, 0) is 6.54 Å². The molecule has 22 heavy (non-hydrogen) atoms. The number of hydrogen-bond acceptors (Lipinski definition) is 6. The Balaban J connectivity index is 1.85. The van der Waals surface area contributed by atoms with E-state index < -0.39 is 0 Å². The molecule has 112 valence electrons. The van der Waals surface area contributed by atoms with Crippen LogP contribution in [0.1, 0.15) is 5.56 Å². The van der Waals surface area contributed by atoms with Gasteiger partial charge >= 0.3 is 0 Å². The lowest BCUT2D eigenvalue weighted by molar-refractivity contribution is 0.415. The van der Waals surface area contributed by atoms with Gasteiger partial charge in [-0.2, -0.15) is 16.4 Å². The lowest BCUT2D eigenvalue weighted by Gasteiger charge is -2.16. The van der Waals surface area contributed by atoms with Gasteiger partial charge in [0.25, 0.3) is 0 Å². The Kier molecular flexibility index (Phi) is 4.29. The number of benzene rings is 1. The SMILES string of the molecule is COc1cccc(-c2cnnc(N(C)Cc3ccsc3)n2)c1. The topological polar surface area (TPSA) is 51.1 Å². The number of methoxy groups -OCH3 is 1. The van der Waals surface area contributed by atoms with E-state index in [0.717, 1.165) is 23.6 Å². The first-order chi connectivity index (χ1) is 10.8. The highest BCUT2D eigenvalue weighted by Gasteiger charge is 2.09. The molecular formula is C16H16N4OS. The molecule has 6 heteroatoms. The third-order valence-electron chi connectivity index (χ3n) is 3.25. The van der Waals surface area contributed by atoms with Crippen molar-refractivity contribution < 1.29 is 4.74 Å². The van der Waals surface area contributed by atoms with Crippen LogP contribution in [-0.4, -0.2) is 29.3 Å². The van der Waals surface area contributed by atoms with E-state index in [1.54, 1.807) is 24.6 Å². The van der Waals surface area contributed by atoms with Crippen molar-refractivity contribution in [1.82, 2.24) is 15.2 Å². The number of hydrogen-bond donors (Lipinski definition) is 0. The molecule has 0 aliphatic rings. The predicted octanol–water partition coefficient (Wildman–Crippen LogP) is 3.25. The molecule has 0 N–H and O–H groups in total. The summed E-state index contributed by atoms with van der Waals surface area (Å²) in [5.41, 5.74) is 2.98. The van der Waals surface area contributed by atoms with Gasteiger partial charge in [0.05, 0.1) is 19.0 Å². The second kappa shape index (κ2) is 6.53. The quantitative estimate of drug-likeness (QED) is 0.724. The Morgan fingerprint density at radius 2 is 2.18 bits per heavy atom. The van der Waals surface area contributed by atoms with Crippen LogP contribution in [0.3, 0.4) is 0 Å². The van der Waals surface area contributed by atoms with Crippen molar-refractivity contribution in [3.8, 4) is 17.0 Å². The van der Waals surface area contributed by atoms with Crippen LogP contribution in [0.4, 0.5) is 5.95 Å². The molecule has 2 aromatic heterocycles. The summed E-state index contributed by atoms with van der Waals surface area (Å²) < 4.78 is 5.25. The fourth-order valence-corrected chi connectivity index (χ4v) is 2.76. The first-order valence-electron chi connectivity index (χ1n) is 6.82. The third kappa shape index (κ3) is 3.23. The van der Waals surface area contributed by atoms with Crippen LogP contribution in [0.2, 0.25) is 0 Å². The summed E-state index contributed by atoms with van der Waals surface area (Å²) in [4.78, 5) is 6.58. The van der Waals surface area contributed by atoms with Gasteiger partial charge in [-0.1, -0.05) is 12.1 Å². The molecule has 0 unspecified atom stereocenters. The lowest BCUT2D eigenvalue weighted by atomic mass is 10.1. The molecule has 1 aromatic carbocycles. The minimum absolute atomic E-state index is 0.603. The van der Waals surface area contributed by atoms with Crippen LogP contribution in [0, 0.1) is 0 Å². The molecule has 3 rings (SSSR count). The van der Waals surface area contributed by atoms with Gasteiger partial charge in [0.2, 0.25) is 5.95 Å². The van der Waals surface area contributed by atoms with Crippen LogP contribution in [0.15, 0.2) is 47.3 Å².